The Hall–Kier alpha value is -2.46. The highest BCUT2D eigenvalue weighted by molar-refractivity contribution is 9.10. The second kappa shape index (κ2) is 7.99. The van der Waals surface area contributed by atoms with Crippen molar-refractivity contribution >= 4 is 48.6 Å². The van der Waals surface area contributed by atoms with Crippen LogP contribution < -0.4 is 5.32 Å². The van der Waals surface area contributed by atoms with E-state index in [1.165, 1.54) is 36.4 Å². The maximum Gasteiger partial charge on any atom is 0.412 e. The van der Waals surface area contributed by atoms with E-state index in [4.69, 9.17) is 4.74 Å². The largest absolute Gasteiger partial charge is 0.444 e. The van der Waals surface area contributed by atoms with Crippen LogP contribution in [0, 0.1) is 0 Å². The highest BCUT2D eigenvalue weighted by atomic mass is 79.9. The van der Waals surface area contributed by atoms with Gasteiger partial charge in [0.15, 0.2) is 0 Å². The third kappa shape index (κ3) is 4.49. The average Bonchev–Trinajstić information content (AvgIpc) is 3.02. The Labute approximate surface area is 181 Å². The number of rotatable bonds is 4. The number of nitrogens with zero attached hydrogens (tertiary/aromatic N) is 1. The number of alkyl halides is 2. The first kappa shape index (κ1) is 22.2. The van der Waals surface area contributed by atoms with Gasteiger partial charge in [-0.2, -0.15) is 0 Å². The molecule has 10 heteroatoms. The van der Waals surface area contributed by atoms with Gasteiger partial charge in [0.1, 0.15) is 5.60 Å². The zero-order chi connectivity index (χ0) is 22.3. The van der Waals surface area contributed by atoms with Crippen LogP contribution in [-0.4, -0.2) is 24.1 Å². The van der Waals surface area contributed by atoms with Crippen molar-refractivity contribution in [1.29, 1.82) is 0 Å². The summed E-state index contributed by atoms with van der Waals surface area (Å²) in [6.07, 6.45) is -2.92. The minimum Gasteiger partial charge on any atom is -0.444 e. The molecule has 0 aliphatic heterocycles. The summed E-state index contributed by atoms with van der Waals surface area (Å²) in [6, 6.07) is 10.2. The highest BCUT2D eigenvalue weighted by Crippen LogP contribution is 2.37. The van der Waals surface area contributed by atoms with E-state index in [2.05, 4.69) is 21.2 Å². The van der Waals surface area contributed by atoms with Gasteiger partial charge in [-0.1, -0.05) is 28.1 Å². The summed E-state index contributed by atoms with van der Waals surface area (Å²) < 4.78 is 60.4. The minimum absolute atomic E-state index is 0.0128. The van der Waals surface area contributed by atoms with Gasteiger partial charge < -0.3 is 4.74 Å². The van der Waals surface area contributed by atoms with E-state index in [0.717, 1.165) is 10.2 Å². The Balaban J connectivity index is 2.18. The van der Waals surface area contributed by atoms with Crippen LogP contribution in [0.15, 0.2) is 58.0 Å². The van der Waals surface area contributed by atoms with Gasteiger partial charge in [0.05, 0.1) is 16.1 Å². The van der Waals surface area contributed by atoms with Crippen LogP contribution in [-0.2, 0) is 14.8 Å². The number of anilines is 1. The molecule has 0 unspecified atom stereocenters. The molecule has 0 aliphatic carbocycles. The van der Waals surface area contributed by atoms with Gasteiger partial charge in [0.2, 0.25) is 0 Å². The molecule has 6 nitrogen and oxygen atoms in total. The van der Waals surface area contributed by atoms with Crippen LogP contribution in [0.4, 0.5) is 19.3 Å². The Kier molecular flexibility index (Phi) is 5.92. The first-order valence-corrected chi connectivity index (χ1v) is 11.1. The van der Waals surface area contributed by atoms with E-state index in [9.17, 15) is 22.0 Å². The first-order valence-electron chi connectivity index (χ1n) is 8.83. The lowest BCUT2D eigenvalue weighted by atomic mass is 10.1. The fraction of sp³-hybridized carbons (Fsp3) is 0.250. The van der Waals surface area contributed by atoms with Crippen molar-refractivity contribution in [1.82, 2.24) is 3.97 Å². The molecule has 0 atom stereocenters. The normalized spacial score (nSPS) is 12.4. The number of nitrogens with one attached hydrogen (secondary N) is 1. The summed E-state index contributed by atoms with van der Waals surface area (Å²) >= 11 is 3.21. The van der Waals surface area contributed by atoms with Gasteiger partial charge in [-0.15, -0.1) is 0 Å². The van der Waals surface area contributed by atoms with Crippen LogP contribution in [0.3, 0.4) is 0 Å². The molecule has 1 N–H and O–H groups in total. The lowest BCUT2D eigenvalue weighted by molar-refractivity contribution is 0.0636. The summed E-state index contributed by atoms with van der Waals surface area (Å²) in [5.74, 6) is 0. The molecule has 0 aliphatic rings. The number of aromatic nitrogens is 1. The number of hydrogen-bond donors (Lipinski definition) is 1. The molecule has 0 radical (unpaired) electrons. The Bertz CT molecular complexity index is 1220. The standard InChI is InChI=1S/C20H19BrF2N2O4S/c1-20(2,3)29-19(26)24-15-8-5-9-16-17(15)14(18(22)23)11-25(16)30(27,28)13-7-4-6-12(21)10-13/h4-11,18H,1-3H3,(H,24,26). The van der Waals surface area contributed by atoms with E-state index < -0.39 is 33.7 Å². The topological polar surface area (TPSA) is 77.4 Å². The second-order valence-corrected chi connectivity index (χ2v) is 10.2. The van der Waals surface area contributed by atoms with Crippen molar-refractivity contribution in [3.05, 3.63) is 58.7 Å². The molecule has 3 aromatic rings. The molecule has 0 saturated heterocycles. The molecule has 0 spiro atoms. The summed E-state index contributed by atoms with van der Waals surface area (Å²) in [7, 11) is -4.17. The molecular formula is C20H19BrF2N2O4S. The van der Waals surface area contributed by atoms with Gasteiger partial charge in [0, 0.05) is 21.6 Å². The maximum absolute atomic E-state index is 13.8. The zero-order valence-corrected chi connectivity index (χ0v) is 18.7. The summed E-state index contributed by atoms with van der Waals surface area (Å²) in [5.41, 5.74) is -1.27. The number of ether oxygens (including phenoxy) is 1. The smallest absolute Gasteiger partial charge is 0.412 e. The molecule has 30 heavy (non-hydrogen) atoms. The summed E-state index contributed by atoms with van der Waals surface area (Å²) in [6.45, 7) is 5.00. The van der Waals surface area contributed by atoms with Crippen LogP contribution in [0.2, 0.25) is 0 Å². The molecule has 3 rings (SSSR count). The summed E-state index contributed by atoms with van der Waals surface area (Å²) in [4.78, 5) is 12.1. The zero-order valence-electron chi connectivity index (χ0n) is 16.3. The van der Waals surface area contributed by atoms with Crippen molar-refractivity contribution in [3.63, 3.8) is 0 Å². The second-order valence-electron chi connectivity index (χ2n) is 7.47. The van der Waals surface area contributed by atoms with Gasteiger partial charge in [-0.3, -0.25) is 5.32 Å². The number of halogens is 3. The van der Waals surface area contributed by atoms with Crippen molar-refractivity contribution in [3.8, 4) is 0 Å². The van der Waals surface area contributed by atoms with Crippen molar-refractivity contribution in [2.75, 3.05) is 5.32 Å². The number of carbonyl (C=O) groups is 1. The van der Waals surface area contributed by atoms with Crippen molar-refractivity contribution in [2.45, 2.75) is 37.7 Å². The fourth-order valence-electron chi connectivity index (χ4n) is 2.91. The Morgan fingerprint density at radius 3 is 2.43 bits per heavy atom. The maximum atomic E-state index is 13.8. The number of benzene rings is 2. The number of hydrogen-bond acceptors (Lipinski definition) is 4. The average molecular weight is 501 g/mol. The van der Waals surface area contributed by atoms with Crippen LogP contribution >= 0.6 is 15.9 Å². The van der Waals surface area contributed by atoms with E-state index in [1.54, 1.807) is 26.8 Å². The molecule has 1 aromatic heterocycles. The fourth-order valence-corrected chi connectivity index (χ4v) is 4.88. The van der Waals surface area contributed by atoms with Gasteiger partial charge in [-0.05, 0) is 51.1 Å². The predicted octanol–water partition coefficient (Wildman–Crippen LogP) is 5.93. The molecular weight excluding hydrogens is 482 g/mol. The predicted molar refractivity (Wildman–Crippen MR) is 113 cm³/mol. The molecule has 0 bridgehead atoms. The van der Waals surface area contributed by atoms with E-state index >= 15 is 0 Å². The van der Waals surface area contributed by atoms with Crippen molar-refractivity contribution in [2.24, 2.45) is 0 Å². The van der Waals surface area contributed by atoms with Gasteiger partial charge in [0.25, 0.3) is 16.4 Å². The minimum atomic E-state index is -4.17. The Morgan fingerprint density at radius 1 is 1.17 bits per heavy atom. The summed E-state index contributed by atoms with van der Waals surface area (Å²) in [5, 5.41) is 2.37. The van der Waals surface area contributed by atoms with Crippen LogP contribution in [0.1, 0.15) is 32.8 Å². The monoisotopic (exact) mass is 500 g/mol. The van der Waals surface area contributed by atoms with Crippen LogP contribution in [0.25, 0.3) is 10.9 Å². The molecule has 1 heterocycles. The molecule has 0 fully saturated rings. The number of carbonyl (C=O) groups excluding carboxylic acids is 1. The first-order chi connectivity index (χ1) is 13.9. The molecule has 0 saturated carbocycles. The van der Waals surface area contributed by atoms with Crippen molar-refractivity contribution < 1.29 is 26.7 Å². The third-order valence-corrected chi connectivity index (χ3v) is 6.21. The van der Waals surface area contributed by atoms with Gasteiger partial charge >= 0.3 is 6.09 Å². The van der Waals surface area contributed by atoms with E-state index in [1.807, 2.05) is 0 Å². The SMILES string of the molecule is CC(C)(C)OC(=O)Nc1cccc2c1c(C(F)F)cn2S(=O)(=O)c1cccc(Br)c1. The third-order valence-electron chi connectivity index (χ3n) is 4.05. The van der Waals surface area contributed by atoms with Crippen LogP contribution in [0.5, 0.6) is 0 Å². The molecule has 2 aromatic carbocycles. The molecule has 160 valence electrons. The highest BCUT2D eigenvalue weighted by Gasteiger charge is 2.27. The van der Waals surface area contributed by atoms with Gasteiger partial charge in [-0.25, -0.2) is 26.0 Å². The van der Waals surface area contributed by atoms with E-state index in [0.29, 0.717) is 4.47 Å². The lowest BCUT2D eigenvalue weighted by Gasteiger charge is -2.20. The van der Waals surface area contributed by atoms with E-state index in [-0.39, 0.29) is 21.5 Å². The Morgan fingerprint density at radius 2 is 1.83 bits per heavy atom. The number of amides is 1. The number of fused-ring (bicyclic) bond motifs is 1. The quantitative estimate of drug-likeness (QED) is 0.481. The lowest BCUT2D eigenvalue weighted by Crippen LogP contribution is -2.27. The molecule has 1 amide bonds.